The van der Waals surface area contributed by atoms with E-state index in [1.54, 1.807) is 6.20 Å². The molecule has 1 aromatic rings. The predicted molar refractivity (Wildman–Crippen MR) is 69.3 cm³/mol. The van der Waals surface area contributed by atoms with Gasteiger partial charge in [0.15, 0.2) is 0 Å². The standard InChI is InChI=1S/C13H17ClN2O2/c1-18-13(17)11-6-2-3-8-16(11)9-10-5-4-7-15-12(10)14/h4-5,7,11H,2-3,6,8-9H2,1H3/t11-/m1/s1. The van der Waals surface area contributed by atoms with Crippen LogP contribution in [0.5, 0.6) is 0 Å². The van der Waals surface area contributed by atoms with Crippen LogP contribution in [0.4, 0.5) is 0 Å². The lowest BCUT2D eigenvalue weighted by Gasteiger charge is -2.33. The number of hydrogen-bond acceptors (Lipinski definition) is 4. The Hall–Kier alpha value is -1.13. The zero-order valence-corrected chi connectivity index (χ0v) is 11.2. The van der Waals surface area contributed by atoms with Crippen LogP contribution in [0.25, 0.3) is 0 Å². The Labute approximate surface area is 112 Å². The van der Waals surface area contributed by atoms with Crippen LogP contribution in [0, 0.1) is 0 Å². The smallest absolute Gasteiger partial charge is 0.323 e. The molecule has 1 aliphatic rings. The normalized spacial score (nSPS) is 20.7. The highest BCUT2D eigenvalue weighted by molar-refractivity contribution is 6.30. The third-order valence-electron chi connectivity index (χ3n) is 3.30. The summed E-state index contributed by atoms with van der Waals surface area (Å²) in [5.74, 6) is -0.158. The second-order valence-electron chi connectivity index (χ2n) is 4.46. The van der Waals surface area contributed by atoms with Gasteiger partial charge in [-0.25, -0.2) is 4.98 Å². The largest absolute Gasteiger partial charge is 0.468 e. The fourth-order valence-electron chi connectivity index (χ4n) is 2.34. The zero-order valence-electron chi connectivity index (χ0n) is 10.4. The molecule has 2 heterocycles. The zero-order chi connectivity index (χ0) is 13.0. The third-order valence-corrected chi connectivity index (χ3v) is 3.64. The molecule has 1 atom stereocenters. The highest BCUT2D eigenvalue weighted by atomic mass is 35.5. The number of esters is 1. The Kier molecular flexibility index (Phi) is 4.55. The number of likely N-dealkylation sites (tertiary alicyclic amines) is 1. The summed E-state index contributed by atoms with van der Waals surface area (Å²) in [6, 6.07) is 3.65. The minimum atomic E-state index is -0.158. The monoisotopic (exact) mass is 268 g/mol. The van der Waals surface area contributed by atoms with Crippen LogP contribution >= 0.6 is 11.6 Å². The van der Waals surface area contributed by atoms with E-state index in [0.29, 0.717) is 11.7 Å². The first kappa shape index (κ1) is 13.3. The van der Waals surface area contributed by atoms with E-state index in [2.05, 4.69) is 9.88 Å². The number of aromatic nitrogens is 1. The van der Waals surface area contributed by atoms with Gasteiger partial charge in [-0.15, -0.1) is 0 Å². The van der Waals surface area contributed by atoms with Gasteiger partial charge in [-0.3, -0.25) is 9.69 Å². The van der Waals surface area contributed by atoms with Gasteiger partial charge < -0.3 is 4.74 Å². The van der Waals surface area contributed by atoms with Gasteiger partial charge in [-0.05, 0) is 25.5 Å². The first-order chi connectivity index (χ1) is 8.72. The molecule has 1 saturated heterocycles. The minimum absolute atomic E-state index is 0.153. The van der Waals surface area contributed by atoms with Crippen molar-refractivity contribution in [2.45, 2.75) is 31.8 Å². The van der Waals surface area contributed by atoms with Crippen LogP contribution in [0.3, 0.4) is 0 Å². The molecule has 1 aliphatic heterocycles. The van der Waals surface area contributed by atoms with Gasteiger partial charge in [0.05, 0.1) is 7.11 Å². The maximum Gasteiger partial charge on any atom is 0.323 e. The number of rotatable bonds is 3. The van der Waals surface area contributed by atoms with Crippen LogP contribution in [-0.4, -0.2) is 35.5 Å². The first-order valence-electron chi connectivity index (χ1n) is 6.13. The molecule has 18 heavy (non-hydrogen) atoms. The minimum Gasteiger partial charge on any atom is -0.468 e. The van der Waals surface area contributed by atoms with E-state index in [0.717, 1.165) is 31.4 Å². The third kappa shape index (κ3) is 3.00. The molecule has 0 amide bonds. The molecular weight excluding hydrogens is 252 g/mol. The van der Waals surface area contributed by atoms with Crippen molar-refractivity contribution in [3.63, 3.8) is 0 Å². The number of pyridine rings is 1. The molecule has 1 aromatic heterocycles. The van der Waals surface area contributed by atoms with E-state index in [1.807, 2.05) is 12.1 Å². The Bertz CT molecular complexity index is 425. The molecule has 0 aromatic carbocycles. The Morgan fingerprint density at radius 2 is 2.44 bits per heavy atom. The summed E-state index contributed by atoms with van der Waals surface area (Å²) < 4.78 is 4.86. The Morgan fingerprint density at radius 1 is 1.61 bits per heavy atom. The molecule has 0 unspecified atom stereocenters. The molecule has 0 radical (unpaired) electrons. The number of hydrogen-bond donors (Lipinski definition) is 0. The fourth-order valence-corrected chi connectivity index (χ4v) is 2.52. The number of ether oxygens (including phenoxy) is 1. The van der Waals surface area contributed by atoms with Crippen molar-refractivity contribution >= 4 is 17.6 Å². The van der Waals surface area contributed by atoms with E-state index in [1.165, 1.54) is 7.11 Å². The van der Waals surface area contributed by atoms with E-state index in [4.69, 9.17) is 16.3 Å². The molecule has 2 rings (SSSR count). The average Bonchev–Trinajstić information content (AvgIpc) is 2.41. The quantitative estimate of drug-likeness (QED) is 0.623. The number of piperidine rings is 1. The summed E-state index contributed by atoms with van der Waals surface area (Å²) in [6.07, 6.45) is 4.69. The van der Waals surface area contributed by atoms with Gasteiger partial charge in [0, 0.05) is 18.3 Å². The van der Waals surface area contributed by atoms with Crippen LogP contribution < -0.4 is 0 Å². The van der Waals surface area contributed by atoms with Crippen molar-refractivity contribution in [2.75, 3.05) is 13.7 Å². The molecule has 0 spiro atoms. The average molecular weight is 269 g/mol. The van der Waals surface area contributed by atoms with Gasteiger partial charge in [0.1, 0.15) is 11.2 Å². The van der Waals surface area contributed by atoms with Crippen LogP contribution in [0.2, 0.25) is 5.15 Å². The van der Waals surface area contributed by atoms with Crippen LogP contribution in [0.1, 0.15) is 24.8 Å². The second-order valence-corrected chi connectivity index (χ2v) is 4.82. The lowest BCUT2D eigenvalue weighted by Crippen LogP contribution is -2.44. The highest BCUT2D eigenvalue weighted by Gasteiger charge is 2.29. The second kappa shape index (κ2) is 6.16. The summed E-state index contributed by atoms with van der Waals surface area (Å²) >= 11 is 6.05. The maximum atomic E-state index is 11.7. The van der Waals surface area contributed by atoms with Gasteiger partial charge >= 0.3 is 5.97 Å². The molecule has 1 fully saturated rings. The number of halogens is 1. The maximum absolute atomic E-state index is 11.7. The number of nitrogens with zero attached hydrogens (tertiary/aromatic N) is 2. The number of methoxy groups -OCH3 is 1. The molecular formula is C13H17ClN2O2. The topological polar surface area (TPSA) is 42.4 Å². The van der Waals surface area contributed by atoms with Crippen molar-refractivity contribution in [1.29, 1.82) is 0 Å². The first-order valence-corrected chi connectivity index (χ1v) is 6.51. The summed E-state index contributed by atoms with van der Waals surface area (Å²) in [6.45, 7) is 1.54. The summed E-state index contributed by atoms with van der Waals surface area (Å²) in [4.78, 5) is 17.9. The highest BCUT2D eigenvalue weighted by Crippen LogP contribution is 2.22. The predicted octanol–water partition coefficient (Wildman–Crippen LogP) is 2.26. The van der Waals surface area contributed by atoms with Crippen molar-refractivity contribution < 1.29 is 9.53 Å². The Morgan fingerprint density at radius 3 is 3.17 bits per heavy atom. The van der Waals surface area contributed by atoms with Gasteiger partial charge in [-0.1, -0.05) is 24.1 Å². The van der Waals surface area contributed by atoms with Gasteiger partial charge in [0.25, 0.3) is 0 Å². The SMILES string of the molecule is COC(=O)[C@H]1CCCCN1Cc1cccnc1Cl. The Balaban J connectivity index is 2.10. The molecule has 0 N–H and O–H groups in total. The summed E-state index contributed by atoms with van der Waals surface area (Å²) in [5.41, 5.74) is 0.954. The molecule has 5 heteroatoms. The number of carbonyl (C=O) groups excluding carboxylic acids is 1. The molecule has 0 saturated carbocycles. The molecule has 98 valence electrons. The van der Waals surface area contributed by atoms with E-state index < -0.39 is 0 Å². The van der Waals surface area contributed by atoms with Gasteiger partial charge in [0.2, 0.25) is 0 Å². The van der Waals surface area contributed by atoms with Crippen molar-refractivity contribution in [1.82, 2.24) is 9.88 Å². The van der Waals surface area contributed by atoms with E-state index in [9.17, 15) is 4.79 Å². The molecule has 0 aliphatic carbocycles. The lowest BCUT2D eigenvalue weighted by atomic mass is 10.0. The lowest BCUT2D eigenvalue weighted by molar-refractivity contribution is -0.148. The number of carbonyl (C=O) groups is 1. The molecule has 4 nitrogen and oxygen atoms in total. The van der Waals surface area contributed by atoms with Crippen molar-refractivity contribution in [2.24, 2.45) is 0 Å². The van der Waals surface area contributed by atoms with E-state index in [-0.39, 0.29) is 12.0 Å². The summed E-state index contributed by atoms with van der Waals surface area (Å²) in [7, 11) is 1.44. The molecule has 0 bridgehead atoms. The van der Waals surface area contributed by atoms with E-state index >= 15 is 0 Å². The van der Waals surface area contributed by atoms with Crippen molar-refractivity contribution in [3.8, 4) is 0 Å². The van der Waals surface area contributed by atoms with Crippen LogP contribution in [-0.2, 0) is 16.1 Å². The summed E-state index contributed by atoms with van der Waals surface area (Å²) in [5, 5.41) is 0.506. The van der Waals surface area contributed by atoms with Gasteiger partial charge in [-0.2, -0.15) is 0 Å². The fraction of sp³-hybridized carbons (Fsp3) is 0.538. The van der Waals surface area contributed by atoms with Crippen LogP contribution in [0.15, 0.2) is 18.3 Å². The van der Waals surface area contributed by atoms with Crippen molar-refractivity contribution in [3.05, 3.63) is 29.0 Å².